The van der Waals surface area contributed by atoms with E-state index in [1.54, 1.807) is 13.0 Å². The topological polar surface area (TPSA) is 75.0 Å². The first-order valence-electron chi connectivity index (χ1n) is 15.0. The van der Waals surface area contributed by atoms with Crippen molar-refractivity contribution >= 4 is 8.53 Å². The zero-order valence-corrected chi connectivity index (χ0v) is 28.4. The molecule has 0 amide bonds. The predicted octanol–water partition coefficient (Wildman–Crippen LogP) is 8.69. The summed E-state index contributed by atoms with van der Waals surface area (Å²) in [6.07, 6.45) is -9.11. The summed E-state index contributed by atoms with van der Waals surface area (Å²) in [6, 6.07) is 0.0164. The Morgan fingerprint density at radius 3 is 2.00 bits per heavy atom. The minimum absolute atomic E-state index is 0.00822. The van der Waals surface area contributed by atoms with Crippen molar-refractivity contribution < 1.29 is 75.6 Å². The zero-order chi connectivity index (χ0) is 38.8. The van der Waals surface area contributed by atoms with E-state index in [1.165, 1.54) is 6.92 Å². The second-order valence-corrected chi connectivity index (χ2v) is 13.2. The van der Waals surface area contributed by atoms with Crippen molar-refractivity contribution in [3.63, 3.8) is 0 Å². The second kappa shape index (κ2) is 15.8. The van der Waals surface area contributed by atoms with E-state index in [0.717, 1.165) is 10.8 Å². The maximum absolute atomic E-state index is 14.2. The average molecular weight is 774 g/mol. The fraction of sp³-hybridized carbons (Fsp3) is 0.786. The van der Waals surface area contributed by atoms with Gasteiger partial charge in [0.15, 0.2) is 0 Å². The van der Waals surface area contributed by atoms with Crippen molar-refractivity contribution in [1.29, 1.82) is 0 Å². The van der Waals surface area contributed by atoms with E-state index < -0.39 is 87.3 Å². The van der Waals surface area contributed by atoms with E-state index in [4.69, 9.17) is 18.5 Å². The molecule has 1 aromatic rings. The zero-order valence-electron chi connectivity index (χ0n) is 27.5. The van der Waals surface area contributed by atoms with Gasteiger partial charge in [-0.2, -0.15) is 62.1 Å². The van der Waals surface area contributed by atoms with Crippen LogP contribution >= 0.6 is 8.53 Å². The molecule has 50 heavy (non-hydrogen) atoms. The van der Waals surface area contributed by atoms with Gasteiger partial charge in [0, 0.05) is 30.3 Å². The van der Waals surface area contributed by atoms with Crippen LogP contribution in [0.25, 0.3) is 0 Å². The molecule has 4 atom stereocenters. The third kappa shape index (κ3) is 8.52. The van der Waals surface area contributed by atoms with Crippen LogP contribution in [0.1, 0.15) is 65.7 Å². The molecule has 1 aliphatic rings. The van der Waals surface area contributed by atoms with Crippen molar-refractivity contribution in [1.82, 2.24) is 14.2 Å². The molecule has 0 aromatic carbocycles. The van der Waals surface area contributed by atoms with Gasteiger partial charge in [0.1, 0.15) is 6.23 Å². The van der Waals surface area contributed by atoms with Gasteiger partial charge in [0.2, 0.25) is 5.88 Å². The number of nitrogens with zero attached hydrogens (tertiary/aromatic N) is 3. The van der Waals surface area contributed by atoms with Gasteiger partial charge in [-0.05, 0) is 41.0 Å². The Labute approximate surface area is 279 Å². The van der Waals surface area contributed by atoms with Gasteiger partial charge in [-0.1, -0.05) is 13.0 Å². The summed E-state index contributed by atoms with van der Waals surface area (Å²) in [5.74, 6) is -38.3. The molecule has 0 spiro atoms. The third-order valence-electron chi connectivity index (χ3n) is 7.41. The summed E-state index contributed by atoms with van der Waals surface area (Å²) in [4.78, 5) is 16.4. The van der Waals surface area contributed by atoms with Crippen LogP contribution in [0, 0.1) is 6.92 Å². The number of alkyl halides is 13. The average Bonchev–Trinajstić information content (AvgIpc) is 3.38. The van der Waals surface area contributed by atoms with Crippen LogP contribution < -0.4 is 10.4 Å². The molecule has 1 aromatic heterocycles. The molecule has 1 fully saturated rings. The highest BCUT2D eigenvalue weighted by atomic mass is 31.2. The van der Waals surface area contributed by atoms with Crippen LogP contribution in [0.4, 0.5) is 57.1 Å². The standard InChI is InChI=1S/C28H37F13N3O5P/c1-8-11-47-50(44(15(3)4)16(5)6)49-19-13-20(48-18(19)9-2)43-14-17(7)21(42-22(43)45)46-12-10-23(29,30)24(31,32)25(33,34)26(35,36)27(37,38)28(39,40)41/h8,14-16,18-20H,1,9-13H2,2-7H3. The van der Waals surface area contributed by atoms with Crippen molar-refractivity contribution in [2.75, 3.05) is 13.2 Å². The molecule has 0 aliphatic carbocycles. The summed E-state index contributed by atoms with van der Waals surface area (Å²) in [5.41, 5.74) is -1.25. The predicted molar refractivity (Wildman–Crippen MR) is 153 cm³/mol. The summed E-state index contributed by atoms with van der Waals surface area (Å²) in [5, 5.41) is 0. The smallest absolute Gasteiger partial charge is 0.460 e. The van der Waals surface area contributed by atoms with Gasteiger partial charge < -0.3 is 18.5 Å². The van der Waals surface area contributed by atoms with Crippen molar-refractivity contribution in [3.05, 3.63) is 34.9 Å². The number of aryl methyl sites for hydroxylation is 1. The number of halogens is 13. The molecule has 8 nitrogen and oxygen atoms in total. The largest absolute Gasteiger partial charge is 0.477 e. The molecule has 0 N–H and O–H groups in total. The Morgan fingerprint density at radius 2 is 1.52 bits per heavy atom. The molecule has 0 saturated carbocycles. The summed E-state index contributed by atoms with van der Waals surface area (Å²) in [7, 11) is -1.64. The minimum atomic E-state index is -8.00. The quantitative estimate of drug-likeness (QED) is 0.0840. The molecule has 0 bridgehead atoms. The van der Waals surface area contributed by atoms with Crippen molar-refractivity contribution in [2.45, 2.75) is 127 Å². The van der Waals surface area contributed by atoms with Crippen LogP contribution in [0.5, 0.6) is 5.88 Å². The van der Waals surface area contributed by atoms with Crippen LogP contribution in [0.2, 0.25) is 0 Å². The van der Waals surface area contributed by atoms with Gasteiger partial charge in [-0.25, -0.2) is 9.46 Å². The monoisotopic (exact) mass is 773 g/mol. The highest BCUT2D eigenvalue weighted by Gasteiger charge is 2.90. The fourth-order valence-electron chi connectivity index (χ4n) is 4.84. The van der Waals surface area contributed by atoms with Gasteiger partial charge in [-0.15, -0.1) is 6.58 Å². The molecule has 4 unspecified atom stereocenters. The number of hydrogen-bond donors (Lipinski definition) is 0. The van der Waals surface area contributed by atoms with Crippen LogP contribution in [0.3, 0.4) is 0 Å². The van der Waals surface area contributed by atoms with Gasteiger partial charge >= 0.3 is 41.5 Å². The summed E-state index contributed by atoms with van der Waals surface area (Å²) < 4.78 is 200. The number of ether oxygens (including phenoxy) is 2. The highest BCUT2D eigenvalue weighted by Crippen LogP contribution is 2.60. The van der Waals surface area contributed by atoms with Gasteiger partial charge in [0.25, 0.3) is 8.53 Å². The van der Waals surface area contributed by atoms with Crippen LogP contribution in [-0.2, 0) is 13.8 Å². The van der Waals surface area contributed by atoms with E-state index >= 15 is 0 Å². The Kier molecular flexibility index (Phi) is 13.9. The van der Waals surface area contributed by atoms with E-state index in [0.29, 0.717) is 6.42 Å². The Balaban J connectivity index is 2.25. The lowest BCUT2D eigenvalue weighted by Crippen LogP contribution is -2.70. The first-order chi connectivity index (χ1) is 22.6. The van der Waals surface area contributed by atoms with Crippen molar-refractivity contribution in [3.8, 4) is 5.88 Å². The van der Waals surface area contributed by atoms with Crippen molar-refractivity contribution in [2.24, 2.45) is 0 Å². The minimum Gasteiger partial charge on any atom is -0.477 e. The molecule has 2 rings (SSSR count). The molecule has 0 radical (unpaired) electrons. The lowest BCUT2D eigenvalue weighted by molar-refractivity contribution is -0.440. The summed E-state index contributed by atoms with van der Waals surface area (Å²) in [6.45, 7) is 12.8. The lowest BCUT2D eigenvalue weighted by Gasteiger charge is -2.39. The fourth-order valence-corrected chi connectivity index (χ4v) is 6.58. The van der Waals surface area contributed by atoms with E-state index in [-0.39, 0.29) is 30.7 Å². The highest BCUT2D eigenvalue weighted by molar-refractivity contribution is 7.44. The van der Waals surface area contributed by atoms with Gasteiger partial charge in [0.05, 0.1) is 31.8 Å². The Morgan fingerprint density at radius 1 is 0.980 bits per heavy atom. The molecule has 1 saturated heterocycles. The molecular formula is C28H37F13N3O5P. The SMILES string of the molecule is C=CCOP(OC1CC(n2cc(C)c(OCCC(F)(F)C(F)(F)C(F)(F)C(F)(F)C(F)(F)C(F)(F)F)nc2=O)OC1CC)N(C(C)C)C(C)C. The Bertz CT molecular complexity index is 1350. The van der Waals surface area contributed by atoms with Crippen LogP contribution in [-0.4, -0.2) is 87.5 Å². The summed E-state index contributed by atoms with van der Waals surface area (Å²) >= 11 is 0. The van der Waals surface area contributed by atoms with E-state index in [9.17, 15) is 61.9 Å². The maximum atomic E-state index is 14.2. The molecular weight excluding hydrogens is 736 g/mol. The molecule has 22 heteroatoms. The first kappa shape index (κ1) is 43.9. The number of rotatable bonds is 18. The first-order valence-corrected chi connectivity index (χ1v) is 16.1. The van der Waals surface area contributed by atoms with E-state index in [2.05, 4.69) is 11.6 Å². The third-order valence-corrected chi connectivity index (χ3v) is 9.53. The number of hydrogen-bond acceptors (Lipinski definition) is 7. The lowest BCUT2D eigenvalue weighted by atomic mass is 9.93. The number of aromatic nitrogens is 2. The molecule has 290 valence electrons. The van der Waals surface area contributed by atoms with Gasteiger partial charge in [-0.3, -0.25) is 4.57 Å². The maximum Gasteiger partial charge on any atom is 0.460 e. The normalized spacial score (nSPS) is 20.6. The van der Waals surface area contributed by atoms with Crippen LogP contribution in [0.15, 0.2) is 23.6 Å². The second-order valence-electron chi connectivity index (χ2n) is 11.8. The molecule has 1 aliphatic heterocycles. The molecule has 2 heterocycles. The Hall–Kier alpha value is -2.22. The van der Waals surface area contributed by atoms with E-state index in [1.807, 2.05) is 32.4 Å².